The Morgan fingerprint density at radius 2 is 0.686 bits per heavy atom. The largest absolute Gasteiger partial charge is 0.394 e. The second-order valence-electron chi connectivity index (χ2n) is 7.31. The van der Waals surface area contributed by atoms with E-state index in [1.165, 1.54) is 6.92 Å². The highest BCUT2D eigenvalue weighted by Gasteiger charge is 2.30. The van der Waals surface area contributed by atoms with Crippen molar-refractivity contribution in [3.63, 3.8) is 0 Å². The van der Waals surface area contributed by atoms with Crippen LogP contribution in [0.3, 0.4) is 0 Å². The fraction of sp³-hybridized carbons (Fsp3) is 0.944. The number of rotatable bonds is 14. The number of aliphatic hydroxyl groups excluding tert-OH is 16. The van der Waals surface area contributed by atoms with E-state index in [-0.39, 0.29) is 6.29 Å². The molecule has 0 heterocycles. The van der Waals surface area contributed by atoms with Gasteiger partial charge in [0.05, 0.1) is 32.5 Å². The Hall–Kier alpha value is -0.970. The summed E-state index contributed by atoms with van der Waals surface area (Å²) >= 11 is 0. The molecule has 17 nitrogen and oxygen atoms in total. The van der Waals surface area contributed by atoms with Crippen molar-refractivity contribution in [1.29, 1.82) is 0 Å². The highest BCUT2D eigenvalue weighted by molar-refractivity contribution is 5.56. The number of hydrogen-bond donors (Lipinski definition) is 16. The lowest BCUT2D eigenvalue weighted by molar-refractivity contribution is -0.132. The quantitative estimate of drug-likeness (QED) is 0.0929. The zero-order chi connectivity index (χ0) is 28.5. The van der Waals surface area contributed by atoms with Crippen LogP contribution in [0, 0.1) is 0 Å². The zero-order valence-electron chi connectivity index (χ0n) is 18.9. The first kappa shape index (κ1) is 38.6. The highest BCUT2D eigenvalue weighted by atomic mass is 16.4. The van der Waals surface area contributed by atoms with Gasteiger partial charge < -0.3 is 86.5 Å². The molecule has 0 saturated heterocycles. The van der Waals surface area contributed by atoms with Crippen molar-refractivity contribution in [3.05, 3.63) is 0 Å². The van der Waals surface area contributed by atoms with Crippen molar-refractivity contribution in [2.45, 2.75) is 80.2 Å². The van der Waals surface area contributed by atoms with E-state index >= 15 is 0 Å². The van der Waals surface area contributed by atoms with Crippen molar-refractivity contribution < 1.29 is 86.5 Å². The molecule has 17 heteroatoms. The first-order valence-electron chi connectivity index (χ1n) is 10.1. The Kier molecular flexibility index (Phi) is 23.3. The van der Waals surface area contributed by atoms with Gasteiger partial charge in [0, 0.05) is 0 Å². The number of carbonyl (C=O) groups is 1. The number of aliphatic hydroxyl groups is 16. The minimum atomic E-state index is -1.67. The van der Waals surface area contributed by atoms with Gasteiger partial charge in [0.25, 0.3) is 0 Å². The highest BCUT2D eigenvalue weighted by Crippen LogP contribution is 2.05. The van der Waals surface area contributed by atoms with Crippen LogP contribution in [0.2, 0.25) is 0 Å². The standard InChI is InChI=1S/2C6H14O6.C6H12O5/c2*7-1-3(9)5(11)6(12)4(10)2-8;1-3(8)5(10)6(11)4(9)2-7/h2*3-12H,1-2H2;2-6,8-11H,1H3/t3-,4+,5-,6-;2*3-,4-,5-,6-/m110/s1. The molecule has 0 aromatic heterocycles. The van der Waals surface area contributed by atoms with Crippen molar-refractivity contribution in [2.75, 3.05) is 26.4 Å². The third-order valence-electron chi connectivity index (χ3n) is 4.36. The summed E-state index contributed by atoms with van der Waals surface area (Å²) in [6.07, 6.45) is -18.7. The first-order chi connectivity index (χ1) is 16.1. The van der Waals surface area contributed by atoms with Crippen LogP contribution in [-0.4, -0.2) is 188 Å². The Labute approximate surface area is 200 Å². The topological polar surface area (TPSA) is 341 Å². The van der Waals surface area contributed by atoms with Crippen LogP contribution >= 0.6 is 0 Å². The van der Waals surface area contributed by atoms with Crippen LogP contribution in [0.5, 0.6) is 0 Å². The van der Waals surface area contributed by atoms with Crippen LogP contribution in [0.1, 0.15) is 6.92 Å². The predicted octanol–water partition coefficient (Wildman–Crippen LogP) is -9.52. The number of carbonyl (C=O) groups excluding carboxylic acids is 1. The first-order valence-corrected chi connectivity index (χ1v) is 10.1. The number of aldehydes is 1. The third kappa shape index (κ3) is 15.7. The Morgan fingerprint density at radius 3 is 0.829 bits per heavy atom. The fourth-order valence-corrected chi connectivity index (χ4v) is 1.91. The summed E-state index contributed by atoms with van der Waals surface area (Å²) in [5.74, 6) is 0. The van der Waals surface area contributed by atoms with E-state index in [1.54, 1.807) is 0 Å². The average molecular weight is 529 g/mol. The maximum absolute atomic E-state index is 9.87. The molecule has 0 amide bonds. The maximum Gasteiger partial charge on any atom is 0.151 e. The summed E-state index contributed by atoms with van der Waals surface area (Å²) in [6, 6.07) is 0. The van der Waals surface area contributed by atoms with Crippen molar-refractivity contribution >= 4 is 6.29 Å². The van der Waals surface area contributed by atoms with Crippen LogP contribution < -0.4 is 0 Å². The number of hydrogen-bond acceptors (Lipinski definition) is 17. The predicted molar refractivity (Wildman–Crippen MR) is 112 cm³/mol. The summed E-state index contributed by atoms with van der Waals surface area (Å²) in [5, 5.41) is 139. The lowest BCUT2D eigenvalue weighted by atomic mass is 10.0. The molecule has 0 aromatic carbocycles. The van der Waals surface area contributed by atoms with Gasteiger partial charge in [-0.25, -0.2) is 0 Å². The van der Waals surface area contributed by atoms with E-state index in [2.05, 4.69) is 0 Å². The van der Waals surface area contributed by atoms with Gasteiger partial charge in [0.1, 0.15) is 67.1 Å². The van der Waals surface area contributed by atoms with Crippen molar-refractivity contribution in [2.24, 2.45) is 0 Å². The summed E-state index contributed by atoms with van der Waals surface area (Å²) in [7, 11) is 0. The van der Waals surface area contributed by atoms with Crippen LogP contribution in [0.15, 0.2) is 0 Å². The molecule has 0 aromatic rings. The molecule has 16 N–H and O–H groups in total. The molecule has 0 aliphatic carbocycles. The zero-order valence-corrected chi connectivity index (χ0v) is 18.9. The second-order valence-corrected chi connectivity index (χ2v) is 7.31. The molecule has 12 atom stereocenters. The summed E-state index contributed by atoms with van der Waals surface area (Å²) in [6.45, 7) is -1.66. The van der Waals surface area contributed by atoms with E-state index in [1.807, 2.05) is 0 Å². The third-order valence-corrected chi connectivity index (χ3v) is 4.36. The monoisotopic (exact) mass is 528 g/mol. The molecule has 0 unspecified atom stereocenters. The molecular weight excluding hydrogens is 488 g/mol. The van der Waals surface area contributed by atoms with E-state index in [0.29, 0.717) is 0 Å². The fourth-order valence-electron chi connectivity index (χ4n) is 1.91. The Bertz CT molecular complexity index is 442. The molecule has 0 fully saturated rings. The van der Waals surface area contributed by atoms with Gasteiger partial charge in [-0.05, 0) is 6.92 Å². The normalized spacial score (nSPS) is 21.6. The molecular formula is C18H40O17. The molecule has 0 rings (SSSR count). The van der Waals surface area contributed by atoms with E-state index in [9.17, 15) is 4.79 Å². The van der Waals surface area contributed by atoms with Gasteiger partial charge in [0.2, 0.25) is 0 Å². The lowest BCUT2D eigenvalue weighted by Gasteiger charge is -2.24. The van der Waals surface area contributed by atoms with E-state index in [4.69, 9.17) is 81.7 Å². The average Bonchev–Trinajstić information content (AvgIpc) is 2.88. The Balaban J connectivity index is -0.000000439. The van der Waals surface area contributed by atoms with Crippen LogP contribution in [-0.2, 0) is 4.79 Å². The van der Waals surface area contributed by atoms with Gasteiger partial charge in [-0.15, -0.1) is 0 Å². The molecule has 0 aliphatic rings. The lowest BCUT2D eigenvalue weighted by Crippen LogP contribution is -2.46. The van der Waals surface area contributed by atoms with Crippen molar-refractivity contribution in [3.8, 4) is 0 Å². The van der Waals surface area contributed by atoms with Gasteiger partial charge in [-0.2, -0.15) is 0 Å². The van der Waals surface area contributed by atoms with Gasteiger partial charge in [-0.1, -0.05) is 0 Å². The van der Waals surface area contributed by atoms with Gasteiger partial charge in [0.15, 0.2) is 6.29 Å². The van der Waals surface area contributed by atoms with E-state index in [0.717, 1.165) is 0 Å². The Morgan fingerprint density at radius 1 is 0.457 bits per heavy atom. The molecule has 214 valence electrons. The van der Waals surface area contributed by atoms with Crippen molar-refractivity contribution in [1.82, 2.24) is 0 Å². The second kappa shape index (κ2) is 21.1. The summed E-state index contributed by atoms with van der Waals surface area (Å²) in [4.78, 5) is 9.87. The van der Waals surface area contributed by atoms with E-state index < -0.39 is 99.7 Å². The van der Waals surface area contributed by atoms with Gasteiger partial charge in [-0.3, -0.25) is 0 Å². The molecule has 0 saturated carbocycles. The molecule has 0 spiro atoms. The summed E-state index contributed by atoms with van der Waals surface area (Å²) in [5.41, 5.74) is 0. The summed E-state index contributed by atoms with van der Waals surface area (Å²) < 4.78 is 0. The SMILES string of the molecule is C[C@H](O)[C@H](O)[C@@H](O)[C@@H](O)C=O.OC[C@@H](O)[C@@H](O)[C@H](O)[C@@H](O)CO.OC[C@@H](O)[C@@H](O)[C@H](O)[C@H](O)CO. The van der Waals surface area contributed by atoms with Crippen LogP contribution in [0.4, 0.5) is 0 Å². The van der Waals surface area contributed by atoms with Crippen LogP contribution in [0.25, 0.3) is 0 Å². The molecule has 0 bridgehead atoms. The maximum atomic E-state index is 9.87. The molecule has 0 radical (unpaired) electrons. The minimum Gasteiger partial charge on any atom is -0.394 e. The minimum absolute atomic E-state index is 0.0935. The molecule has 35 heavy (non-hydrogen) atoms. The smallest absolute Gasteiger partial charge is 0.151 e. The van der Waals surface area contributed by atoms with Gasteiger partial charge >= 0.3 is 0 Å². The molecule has 0 aliphatic heterocycles.